The summed E-state index contributed by atoms with van der Waals surface area (Å²) < 4.78 is 11.1. The lowest BCUT2D eigenvalue weighted by atomic mass is 10.0. The van der Waals surface area contributed by atoms with E-state index in [0.29, 0.717) is 33.5 Å². The Hall–Kier alpha value is -3.72. The molecule has 0 spiro atoms. The average Bonchev–Trinajstić information content (AvgIpc) is 2.82. The van der Waals surface area contributed by atoms with Crippen molar-refractivity contribution in [1.29, 1.82) is 0 Å². The molecule has 0 aromatic heterocycles. The van der Waals surface area contributed by atoms with Crippen LogP contribution in [0, 0.1) is 0 Å². The second-order valence-corrected chi connectivity index (χ2v) is 8.41. The average molecular weight is 541 g/mol. The highest BCUT2D eigenvalue weighted by molar-refractivity contribution is 9.10. The molecule has 4 amide bonds. The topological polar surface area (TPSA) is 102 Å². The van der Waals surface area contributed by atoms with E-state index in [9.17, 15) is 19.2 Å². The number of carbonyl (C=O) groups is 4. The zero-order valence-corrected chi connectivity index (χ0v) is 21.0. The van der Waals surface area contributed by atoms with Crippen LogP contribution in [0.1, 0.15) is 30.5 Å². The number of nitrogens with zero attached hydrogens (tertiary/aromatic N) is 1. The zero-order valence-electron chi connectivity index (χ0n) is 19.4. The second-order valence-electron chi connectivity index (χ2n) is 7.56. The van der Waals surface area contributed by atoms with Crippen LogP contribution < -0.4 is 15.0 Å². The molecule has 1 heterocycles. The molecule has 1 aliphatic heterocycles. The maximum absolute atomic E-state index is 13.2. The fraction of sp³-hybridized carbons (Fsp3) is 0.231. The third-order valence-electron chi connectivity index (χ3n) is 5.16. The van der Waals surface area contributed by atoms with Crippen LogP contribution >= 0.6 is 15.9 Å². The number of esters is 1. The molecular formula is C26H25BrN2O6. The van der Waals surface area contributed by atoms with Crippen molar-refractivity contribution in [1.82, 2.24) is 5.32 Å². The van der Waals surface area contributed by atoms with Crippen LogP contribution in [-0.4, -0.2) is 37.0 Å². The Balaban J connectivity index is 1.95. The highest BCUT2D eigenvalue weighted by Crippen LogP contribution is 2.33. The summed E-state index contributed by atoms with van der Waals surface area (Å²) in [6.45, 7) is 7.42. The van der Waals surface area contributed by atoms with Crippen molar-refractivity contribution in [2.24, 2.45) is 0 Å². The number of nitrogens with one attached hydrogen (secondary N) is 1. The maximum atomic E-state index is 13.2. The monoisotopic (exact) mass is 540 g/mol. The number of amides is 4. The zero-order chi connectivity index (χ0) is 25.5. The molecule has 2 aromatic carbocycles. The number of rotatable bonds is 9. The highest BCUT2D eigenvalue weighted by atomic mass is 79.9. The van der Waals surface area contributed by atoms with E-state index in [4.69, 9.17) is 9.47 Å². The molecule has 0 unspecified atom stereocenters. The van der Waals surface area contributed by atoms with Crippen LogP contribution in [0.4, 0.5) is 10.5 Å². The van der Waals surface area contributed by atoms with Gasteiger partial charge in [-0.2, -0.15) is 0 Å². The Morgan fingerprint density at radius 2 is 1.86 bits per heavy atom. The quantitative estimate of drug-likeness (QED) is 0.219. The molecule has 0 atom stereocenters. The number of urea groups is 1. The first-order chi connectivity index (χ1) is 16.8. The molecule has 1 saturated heterocycles. The lowest BCUT2D eigenvalue weighted by molar-refractivity contribution is -0.145. The van der Waals surface area contributed by atoms with E-state index >= 15 is 0 Å². The van der Waals surface area contributed by atoms with Gasteiger partial charge in [-0.25, -0.2) is 14.5 Å². The predicted octanol–water partition coefficient (Wildman–Crippen LogP) is 4.35. The number of imide groups is 2. The smallest absolute Gasteiger partial charge is 0.344 e. The first-order valence-corrected chi connectivity index (χ1v) is 11.8. The van der Waals surface area contributed by atoms with Crippen molar-refractivity contribution < 1.29 is 28.7 Å². The molecule has 0 aliphatic carbocycles. The number of halogens is 1. The van der Waals surface area contributed by atoms with Crippen molar-refractivity contribution in [3.05, 3.63) is 75.8 Å². The lowest BCUT2D eigenvalue weighted by Gasteiger charge is -2.26. The number of hydrogen-bond donors (Lipinski definition) is 1. The van der Waals surface area contributed by atoms with Crippen LogP contribution in [0.3, 0.4) is 0 Å². The van der Waals surface area contributed by atoms with Gasteiger partial charge < -0.3 is 9.47 Å². The van der Waals surface area contributed by atoms with Gasteiger partial charge in [0.25, 0.3) is 11.8 Å². The minimum Gasteiger partial charge on any atom is -0.480 e. The minimum atomic E-state index is -0.808. The Bertz CT molecular complexity index is 1200. The van der Waals surface area contributed by atoms with Crippen molar-refractivity contribution in [3.63, 3.8) is 0 Å². The van der Waals surface area contributed by atoms with Gasteiger partial charge in [0.15, 0.2) is 6.61 Å². The summed E-state index contributed by atoms with van der Waals surface area (Å²) in [6, 6.07) is 9.54. The predicted molar refractivity (Wildman–Crippen MR) is 135 cm³/mol. The number of carbonyl (C=O) groups excluding carboxylic acids is 4. The van der Waals surface area contributed by atoms with Crippen molar-refractivity contribution >= 4 is 51.5 Å². The van der Waals surface area contributed by atoms with Crippen LogP contribution in [0.25, 0.3) is 6.08 Å². The van der Waals surface area contributed by atoms with Gasteiger partial charge in [0.05, 0.1) is 16.8 Å². The van der Waals surface area contributed by atoms with Gasteiger partial charge in [-0.3, -0.25) is 14.9 Å². The van der Waals surface area contributed by atoms with E-state index in [1.807, 2.05) is 19.1 Å². The first kappa shape index (κ1) is 25.9. The summed E-state index contributed by atoms with van der Waals surface area (Å²) in [5, 5.41) is 2.22. The van der Waals surface area contributed by atoms with Crippen molar-refractivity contribution in [3.8, 4) is 5.75 Å². The van der Waals surface area contributed by atoms with Crippen LogP contribution in [-0.2, 0) is 32.0 Å². The molecule has 9 heteroatoms. The van der Waals surface area contributed by atoms with Gasteiger partial charge in [0, 0.05) is 0 Å². The summed E-state index contributed by atoms with van der Waals surface area (Å²) in [5.41, 5.74) is 2.42. The van der Waals surface area contributed by atoms with Crippen LogP contribution in [0.2, 0.25) is 0 Å². The molecule has 1 N–H and O–H groups in total. The minimum absolute atomic E-state index is 0.194. The van der Waals surface area contributed by atoms with Gasteiger partial charge in [-0.15, -0.1) is 6.58 Å². The Labute approximate surface area is 211 Å². The molecule has 3 rings (SSSR count). The molecule has 35 heavy (non-hydrogen) atoms. The molecule has 1 fully saturated rings. The van der Waals surface area contributed by atoms with Crippen molar-refractivity contribution in [2.75, 3.05) is 18.1 Å². The molecular weight excluding hydrogens is 516 g/mol. The Morgan fingerprint density at radius 1 is 1.14 bits per heavy atom. The molecule has 0 saturated carbocycles. The Morgan fingerprint density at radius 3 is 2.49 bits per heavy atom. The normalized spacial score (nSPS) is 14.7. The summed E-state index contributed by atoms with van der Waals surface area (Å²) in [6.07, 6.45) is 4.28. The van der Waals surface area contributed by atoms with E-state index < -0.39 is 23.8 Å². The SMILES string of the molecule is C=CCc1cc(/C=C2/C(=O)NC(=O)N(c3ccc(CC)cc3)C2=O)cc(Br)c1OCC(=O)OCC. The summed E-state index contributed by atoms with van der Waals surface area (Å²) in [7, 11) is 0. The third-order valence-corrected chi connectivity index (χ3v) is 5.75. The van der Waals surface area contributed by atoms with E-state index in [-0.39, 0.29) is 18.8 Å². The Kier molecular flexibility index (Phi) is 8.59. The summed E-state index contributed by atoms with van der Waals surface area (Å²) in [4.78, 5) is 50.8. The van der Waals surface area contributed by atoms with Crippen molar-refractivity contribution in [2.45, 2.75) is 26.7 Å². The standard InChI is InChI=1S/C26H25BrN2O6/c1-4-7-18-12-17(14-21(27)23(18)35-15-22(30)34-6-3)13-20-24(31)28-26(33)29(25(20)32)19-10-8-16(5-2)9-11-19/h4,8-14H,1,5-7,15H2,2-3H3,(H,28,31,33)/b20-13-. The van der Waals surface area contributed by atoms with Gasteiger partial charge in [0.2, 0.25) is 0 Å². The molecule has 2 aromatic rings. The van der Waals surface area contributed by atoms with Gasteiger partial charge >= 0.3 is 12.0 Å². The number of barbiturate groups is 1. The fourth-order valence-corrected chi connectivity index (χ4v) is 4.13. The van der Waals surface area contributed by atoms with Gasteiger partial charge in [-0.05, 0) is 82.7 Å². The number of benzene rings is 2. The number of aryl methyl sites for hydroxylation is 1. The number of hydrogen-bond acceptors (Lipinski definition) is 6. The highest BCUT2D eigenvalue weighted by Gasteiger charge is 2.36. The van der Waals surface area contributed by atoms with E-state index in [0.717, 1.165) is 16.9 Å². The second kappa shape index (κ2) is 11.6. The summed E-state index contributed by atoms with van der Waals surface area (Å²) >= 11 is 3.43. The maximum Gasteiger partial charge on any atom is 0.344 e. The van der Waals surface area contributed by atoms with E-state index in [2.05, 4.69) is 27.8 Å². The van der Waals surface area contributed by atoms with Gasteiger partial charge in [0.1, 0.15) is 11.3 Å². The van der Waals surface area contributed by atoms with E-state index in [1.165, 1.54) is 6.08 Å². The lowest BCUT2D eigenvalue weighted by Crippen LogP contribution is -2.54. The summed E-state index contributed by atoms with van der Waals surface area (Å²) in [5.74, 6) is -1.60. The molecule has 0 bridgehead atoms. The number of anilines is 1. The first-order valence-electron chi connectivity index (χ1n) is 11.0. The van der Waals surface area contributed by atoms with Crippen LogP contribution in [0.15, 0.2) is 59.1 Å². The third kappa shape index (κ3) is 6.05. The van der Waals surface area contributed by atoms with E-state index in [1.54, 1.807) is 37.3 Å². The van der Waals surface area contributed by atoms with Gasteiger partial charge in [-0.1, -0.05) is 25.1 Å². The number of allylic oxidation sites excluding steroid dienone is 1. The fourth-order valence-electron chi connectivity index (χ4n) is 3.50. The largest absolute Gasteiger partial charge is 0.480 e. The van der Waals surface area contributed by atoms with Crippen LogP contribution in [0.5, 0.6) is 5.75 Å². The number of ether oxygens (including phenoxy) is 2. The molecule has 0 radical (unpaired) electrons. The molecule has 182 valence electrons. The molecule has 8 nitrogen and oxygen atoms in total. The molecule has 1 aliphatic rings.